The summed E-state index contributed by atoms with van der Waals surface area (Å²) in [6.07, 6.45) is 1.09. The van der Waals surface area contributed by atoms with Gasteiger partial charge >= 0.3 is 0 Å². The predicted molar refractivity (Wildman–Crippen MR) is 131 cm³/mol. The lowest BCUT2D eigenvalue weighted by Gasteiger charge is -2.26. The molecule has 180 valence electrons. The number of ether oxygens (including phenoxy) is 3. The van der Waals surface area contributed by atoms with E-state index in [1.807, 2.05) is 19.1 Å². The van der Waals surface area contributed by atoms with E-state index >= 15 is 0 Å². The average molecular weight is 510 g/mol. The van der Waals surface area contributed by atoms with Crippen LogP contribution in [0.2, 0.25) is 5.02 Å². The Hall–Kier alpha value is -1.28. The van der Waals surface area contributed by atoms with E-state index in [4.69, 9.17) is 25.8 Å². The van der Waals surface area contributed by atoms with Gasteiger partial charge in [-0.2, -0.15) is 0 Å². The second-order valence-electron chi connectivity index (χ2n) is 7.24. The highest BCUT2D eigenvalue weighted by molar-refractivity contribution is 6.32. The molecule has 0 amide bonds. The summed E-state index contributed by atoms with van der Waals surface area (Å²) in [4.78, 5) is 2.43. The molecule has 9 heteroatoms. The summed E-state index contributed by atoms with van der Waals surface area (Å²) in [6, 6.07) is 10.1. The molecular formula is C23H32Cl3FN2O3. The summed E-state index contributed by atoms with van der Waals surface area (Å²) >= 11 is 6.49. The van der Waals surface area contributed by atoms with Gasteiger partial charge in [-0.25, -0.2) is 4.39 Å². The highest BCUT2D eigenvalue weighted by atomic mass is 35.5. The summed E-state index contributed by atoms with van der Waals surface area (Å²) in [7, 11) is 0. The van der Waals surface area contributed by atoms with Crippen LogP contribution in [0.1, 0.15) is 24.5 Å². The van der Waals surface area contributed by atoms with Gasteiger partial charge in [0.15, 0.2) is 11.5 Å². The van der Waals surface area contributed by atoms with Gasteiger partial charge in [-0.15, -0.1) is 24.8 Å². The zero-order chi connectivity index (χ0) is 21.2. The van der Waals surface area contributed by atoms with E-state index in [2.05, 4.69) is 10.2 Å². The summed E-state index contributed by atoms with van der Waals surface area (Å²) < 4.78 is 30.1. The van der Waals surface area contributed by atoms with Crippen LogP contribution < -0.4 is 14.8 Å². The van der Waals surface area contributed by atoms with Crippen molar-refractivity contribution in [2.45, 2.75) is 26.5 Å². The lowest BCUT2D eigenvalue weighted by atomic mass is 10.2. The van der Waals surface area contributed by atoms with Crippen LogP contribution in [0, 0.1) is 5.82 Å². The summed E-state index contributed by atoms with van der Waals surface area (Å²) in [5, 5.41) is 3.98. The quantitative estimate of drug-likeness (QED) is 0.426. The third-order valence-electron chi connectivity index (χ3n) is 4.93. The summed E-state index contributed by atoms with van der Waals surface area (Å²) in [5.74, 6) is 0.865. The highest BCUT2D eigenvalue weighted by Crippen LogP contribution is 2.37. The molecule has 0 spiro atoms. The van der Waals surface area contributed by atoms with Gasteiger partial charge in [0, 0.05) is 19.6 Å². The molecule has 0 aromatic heterocycles. The first-order chi connectivity index (χ1) is 14.7. The van der Waals surface area contributed by atoms with Gasteiger partial charge in [0.25, 0.3) is 0 Å². The van der Waals surface area contributed by atoms with Crippen molar-refractivity contribution in [3.8, 4) is 11.5 Å². The number of hydrogen-bond acceptors (Lipinski definition) is 5. The van der Waals surface area contributed by atoms with Gasteiger partial charge in [0.1, 0.15) is 12.4 Å². The molecule has 0 atom stereocenters. The topological polar surface area (TPSA) is 43.0 Å². The number of nitrogens with one attached hydrogen (secondary N) is 1. The molecule has 1 heterocycles. The third kappa shape index (κ3) is 9.30. The maximum absolute atomic E-state index is 13.1. The molecule has 2 aromatic rings. The molecule has 1 fully saturated rings. The first-order valence-electron chi connectivity index (χ1n) is 10.5. The van der Waals surface area contributed by atoms with Crippen molar-refractivity contribution in [2.75, 3.05) is 46.0 Å². The van der Waals surface area contributed by atoms with Gasteiger partial charge in [-0.1, -0.05) is 23.7 Å². The number of halogens is 4. The van der Waals surface area contributed by atoms with Gasteiger partial charge in [-0.3, -0.25) is 4.90 Å². The molecule has 5 nitrogen and oxygen atoms in total. The van der Waals surface area contributed by atoms with Crippen molar-refractivity contribution in [3.63, 3.8) is 0 Å². The number of hydrogen-bond donors (Lipinski definition) is 1. The van der Waals surface area contributed by atoms with Gasteiger partial charge in [0.2, 0.25) is 0 Å². The number of benzene rings is 2. The van der Waals surface area contributed by atoms with Gasteiger partial charge < -0.3 is 19.5 Å². The minimum atomic E-state index is -0.270. The van der Waals surface area contributed by atoms with Crippen LogP contribution in [-0.2, 0) is 17.9 Å². The van der Waals surface area contributed by atoms with Crippen LogP contribution in [0.4, 0.5) is 4.39 Å². The van der Waals surface area contributed by atoms with E-state index in [0.717, 1.165) is 56.9 Å². The Labute approximate surface area is 207 Å². The minimum Gasteiger partial charge on any atom is -0.490 e. The Morgan fingerprint density at radius 2 is 1.78 bits per heavy atom. The van der Waals surface area contributed by atoms with E-state index in [0.29, 0.717) is 36.3 Å². The molecule has 1 N–H and O–H groups in total. The van der Waals surface area contributed by atoms with Crippen LogP contribution in [0.3, 0.4) is 0 Å². The molecule has 0 aliphatic carbocycles. The zero-order valence-electron chi connectivity index (χ0n) is 18.3. The van der Waals surface area contributed by atoms with Gasteiger partial charge in [0.05, 0.1) is 24.8 Å². The second-order valence-corrected chi connectivity index (χ2v) is 7.64. The minimum absolute atomic E-state index is 0. The monoisotopic (exact) mass is 508 g/mol. The Bertz CT molecular complexity index is 791. The normalized spacial score (nSPS) is 13.7. The molecule has 0 bridgehead atoms. The molecule has 0 radical (unpaired) electrons. The first-order valence-corrected chi connectivity index (χ1v) is 10.9. The van der Waals surface area contributed by atoms with Crippen molar-refractivity contribution >= 4 is 36.4 Å². The number of morpholine rings is 1. The van der Waals surface area contributed by atoms with Crippen LogP contribution in [0.5, 0.6) is 11.5 Å². The number of rotatable bonds is 11. The zero-order valence-corrected chi connectivity index (χ0v) is 20.7. The predicted octanol–water partition coefficient (Wildman–Crippen LogP) is 5.11. The smallest absolute Gasteiger partial charge is 0.180 e. The molecule has 3 rings (SSSR count). The maximum atomic E-state index is 13.1. The van der Waals surface area contributed by atoms with Crippen molar-refractivity contribution < 1.29 is 18.6 Å². The first kappa shape index (κ1) is 28.8. The average Bonchev–Trinajstić information content (AvgIpc) is 2.75. The van der Waals surface area contributed by atoms with E-state index < -0.39 is 0 Å². The Morgan fingerprint density at radius 1 is 1.06 bits per heavy atom. The van der Waals surface area contributed by atoms with Crippen LogP contribution in [-0.4, -0.2) is 50.9 Å². The van der Waals surface area contributed by atoms with Crippen LogP contribution in [0.25, 0.3) is 0 Å². The van der Waals surface area contributed by atoms with E-state index in [-0.39, 0.29) is 30.6 Å². The van der Waals surface area contributed by atoms with Crippen molar-refractivity contribution in [3.05, 3.63) is 58.4 Å². The third-order valence-corrected chi connectivity index (χ3v) is 5.21. The lowest BCUT2D eigenvalue weighted by Crippen LogP contribution is -2.37. The maximum Gasteiger partial charge on any atom is 0.180 e. The SMILES string of the molecule is CCOc1cc(CNCCCN2CCOCC2)cc(Cl)c1OCc1ccc(F)cc1.Cl.Cl. The standard InChI is InChI=1S/C23H30ClFN2O3.2ClH/c1-2-29-22-15-19(16-26-8-3-9-27-10-12-28-13-11-27)14-21(24)23(22)30-17-18-4-6-20(25)7-5-18;;/h4-7,14-15,26H,2-3,8-13,16-17H2,1H3;2*1H. The van der Waals surface area contributed by atoms with Gasteiger partial charge in [-0.05, 0) is 61.8 Å². The Kier molecular flexibility index (Phi) is 14.0. The Balaban J connectivity index is 0.00000256. The molecule has 1 saturated heterocycles. The molecular weight excluding hydrogens is 478 g/mol. The largest absolute Gasteiger partial charge is 0.490 e. The molecule has 1 aliphatic rings. The highest BCUT2D eigenvalue weighted by Gasteiger charge is 2.13. The molecule has 1 aliphatic heterocycles. The fourth-order valence-corrected chi connectivity index (χ4v) is 3.64. The molecule has 2 aromatic carbocycles. The summed E-state index contributed by atoms with van der Waals surface area (Å²) in [6.45, 7) is 9.16. The second kappa shape index (κ2) is 15.5. The van der Waals surface area contributed by atoms with E-state index in [1.165, 1.54) is 12.1 Å². The fraction of sp³-hybridized carbons (Fsp3) is 0.478. The molecule has 32 heavy (non-hydrogen) atoms. The van der Waals surface area contributed by atoms with E-state index in [9.17, 15) is 4.39 Å². The molecule has 0 saturated carbocycles. The summed E-state index contributed by atoms with van der Waals surface area (Å²) in [5.41, 5.74) is 1.91. The van der Waals surface area contributed by atoms with Crippen LogP contribution >= 0.6 is 36.4 Å². The van der Waals surface area contributed by atoms with Crippen molar-refractivity contribution in [2.24, 2.45) is 0 Å². The number of nitrogens with zero attached hydrogens (tertiary/aromatic N) is 1. The fourth-order valence-electron chi connectivity index (χ4n) is 3.35. The van der Waals surface area contributed by atoms with E-state index in [1.54, 1.807) is 12.1 Å². The molecule has 0 unspecified atom stereocenters. The van der Waals surface area contributed by atoms with Crippen molar-refractivity contribution in [1.82, 2.24) is 10.2 Å². The lowest BCUT2D eigenvalue weighted by molar-refractivity contribution is 0.0374. The van der Waals surface area contributed by atoms with Crippen molar-refractivity contribution in [1.29, 1.82) is 0 Å². The van der Waals surface area contributed by atoms with Crippen LogP contribution in [0.15, 0.2) is 36.4 Å². The Morgan fingerprint density at radius 3 is 2.47 bits per heavy atom.